The van der Waals surface area contributed by atoms with Crippen molar-refractivity contribution in [3.05, 3.63) is 41.7 Å². The first-order valence-corrected chi connectivity index (χ1v) is 8.51. The summed E-state index contributed by atoms with van der Waals surface area (Å²) in [6.45, 7) is 3.90. The lowest BCUT2D eigenvalue weighted by molar-refractivity contribution is -0.137. The van der Waals surface area contributed by atoms with Gasteiger partial charge >= 0.3 is 6.18 Å². The number of hydrogen-bond acceptors (Lipinski definition) is 5. The number of fused-ring (bicyclic) bond motifs is 1. The molecule has 0 radical (unpaired) electrons. The molecule has 142 valence electrons. The standard InChI is InChI=1S/C19H19F3N4O/c1-4-10-27-15-7-5-6-13(19(20,21)22)16(15)14-9-8-12-17(23-3)24-11(2)25-18(12)26-14/h5-9H,4,10H2,1-3H3,(H,23,24,25,26). The predicted molar refractivity (Wildman–Crippen MR) is 97.8 cm³/mol. The molecule has 0 spiro atoms. The normalized spacial score (nSPS) is 11.6. The fourth-order valence-corrected chi connectivity index (χ4v) is 2.81. The quantitative estimate of drug-likeness (QED) is 0.690. The predicted octanol–water partition coefficient (Wildman–Crippen LogP) is 4.85. The number of hydrogen-bond donors (Lipinski definition) is 1. The van der Waals surface area contributed by atoms with Crippen LogP contribution in [0.5, 0.6) is 5.75 Å². The minimum Gasteiger partial charge on any atom is -0.493 e. The molecule has 0 unspecified atom stereocenters. The molecule has 1 N–H and O–H groups in total. The summed E-state index contributed by atoms with van der Waals surface area (Å²) in [5.74, 6) is 1.20. The number of aryl methyl sites for hydroxylation is 1. The highest BCUT2D eigenvalue weighted by Crippen LogP contribution is 2.42. The molecule has 0 amide bonds. The molecule has 0 aliphatic heterocycles. The smallest absolute Gasteiger partial charge is 0.417 e. The fourth-order valence-electron chi connectivity index (χ4n) is 2.81. The molecule has 0 aliphatic carbocycles. The average molecular weight is 376 g/mol. The molecule has 1 aromatic carbocycles. The highest BCUT2D eigenvalue weighted by Gasteiger charge is 2.35. The van der Waals surface area contributed by atoms with E-state index >= 15 is 0 Å². The van der Waals surface area contributed by atoms with Crippen LogP contribution in [0.15, 0.2) is 30.3 Å². The lowest BCUT2D eigenvalue weighted by Crippen LogP contribution is -2.10. The lowest BCUT2D eigenvalue weighted by Gasteiger charge is -2.17. The SMILES string of the molecule is CCCOc1cccc(C(F)(F)F)c1-c1ccc2c(NC)nc(C)nc2n1. The van der Waals surface area contributed by atoms with E-state index < -0.39 is 11.7 Å². The summed E-state index contributed by atoms with van der Waals surface area (Å²) in [5, 5.41) is 3.58. The van der Waals surface area contributed by atoms with Crippen molar-refractivity contribution in [2.75, 3.05) is 19.0 Å². The summed E-state index contributed by atoms with van der Waals surface area (Å²) in [6, 6.07) is 7.09. The Balaban J connectivity index is 2.25. The van der Waals surface area contributed by atoms with Crippen LogP contribution in [0, 0.1) is 6.92 Å². The van der Waals surface area contributed by atoms with Crippen LogP contribution >= 0.6 is 0 Å². The maximum Gasteiger partial charge on any atom is 0.417 e. The van der Waals surface area contributed by atoms with Gasteiger partial charge in [-0.25, -0.2) is 15.0 Å². The van der Waals surface area contributed by atoms with Gasteiger partial charge in [-0.05, 0) is 37.6 Å². The zero-order chi connectivity index (χ0) is 19.6. The summed E-state index contributed by atoms with van der Waals surface area (Å²) in [7, 11) is 1.71. The number of pyridine rings is 1. The van der Waals surface area contributed by atoms with E-state index in [0.717, 1.165) is 6.07 Å². The monoisotopic (exact) mass is 376 g/mol. The lowest BCUT2D eigenvalue weighted by atomic mass is 10.0. The number of halogens is 3. The Labute approximate surface area is 154 Å². The van der Waals surface area contributed by atoms with Gasteiger partial charge in [-0.3, -0.25) is 0 Å². The summed E-state index contributed by atoms with van der Waals surface area (Å²) in [6.07, 6.45) is -3.85. The van der Waals surface area contributed by atoms with Gasteiger partial charge in [0.25, 0.3) is 0 Å². The van der Waals surface area contributed by atoms with Gasteiger partial charge < -0.3 is 10.1 Å². The molecule has 8 heteroatoms. The first-order valence-electron chi connectivity index (χ1n) is 8.51. The van der Waals surface area contributed by atoms with E-state index in [1.165, 1.54) is 18.2 Å². The zero-order valence-corrected chi connectivity index (χ0v) is 15.2. The molecular formula is C19H19F3N4O. The second-order valence-electron chi connectivity index (χ2n) is 5.96. The Bertz CT molecular complexity index is 973. The van der Waals surface area contributed by atoms with Gasteiger partial charge in [-0.2, -0.15) is 13.2 Å². The summed E-state index contributed by atoms with van der Waals surface area (Å²) >= 11 is 0. The zero-order valence-electron chi connectivity index (χ0n) is 15.2. The van der Waals surface area contributed by atoms with Gasteiger partial charge in [0.2, 0.25) is 0 Å². The molecule has 3 rings (SSSR count). The van der Waals surface area contributed by atoms with Crippen LogP contribution in [-0.2, 0) is 6.18 Å². The number of aromatic nitrogens is 3. The Morgan fingerprint density at radius 2 is 1.85 bits per heavy atom. The van der Waals surface area contributed by atoms with Gasteiger partial charge in [0.05, 0.1) is 28.8 Å². The second-order valence-corrected chi connectivity index (χ2v) is 5.96. The molecule has 2 aromatic heterocycles. The van der Waals surface area contributed by atoms with E-state index in [2.05, 4.69) is 20.3 Å². The highest BCUT2D eigenvalue weighted by atomic mass is 19.4. The Morgan fingerprint density at radius 1 is 1.07 bits per heavy atom. The van der Waals surface area contributed by atoms with E-state index in [0.29, 0.717) is 35.7 Å². The van der Waals surface area contributed by atoms with Crippen LogP contribution in [-0.4, -0.2) is 28.6 Å². The average Bonchev–Trinajstić information content (AvgIpc) is 2.64. The van der Waals surface area contributed by atoms with Gasteiger partial charge in [0.1, 0.15) is 17.4 Å². The second kappa shape index (κ2) is 7.38. The minimum atomic E-state index is -4.53. The molecule has 0 saturated carbocycles. The first-order chi connectivity index (χ1) is 12.8. The van der Waals surface area contributed by atoms with Crippen LogP contribution in [0.4, 0.5) is 19.0 Å². The first kappa shape index (κ1) is 18.9. The van der Waals surface area contributed by atoms with Crippen molar-refractivity contribution in [3.8, 4) is 17.0 Å². The fraction of sp³-hybridized carbons (Fsp3) is 0.316. The van der Waals surface area contributed by atoms with Crippen molar-refractivity contribution in [1.82, 2.24) is 15.0 Å². The van der Waals surface area contributed by atoms with E-state index in [4.69, 9.17) is 4.74 Å². The summed E-state index contributed by atoms with van der Waals surface area (Å²) < 4.78 is 46.4. The van der Waals surface area contributed by atoms with Gasteiger partial charge in [-0.15, -0.1) is 0 Å². The van der Waals surface area contributed by atoms with Crippen LogP contribution in [0.1, 0.15) is 24.7 Å². The maximum atomic E-state index is 13.6. The number of anilines is 1. The van der Waals surface area contributed by atoms with Crippen LogP contribution < -0.4 is 10.1 Å². The summed E-state index contributed by atoms with van der Waals surface area (Å²) in [5.41, 5.74) is -0.394. The number of nitrogens with one attached hydrogen (secondary N) is 1. The Kier molecular flexibility index (Phi) is 5.16. The van der Waals surface area contributed by atoms with Crippen LogP contribution in [0.25, 0.3) is 22.3 Å². The van der Waals surface area contributed by atoms with Crippen LogP contribution in [0.3, 0.4) is 0 Å². The van der Waals surface area contributed by atoms with Crippen molar-refractivity contribution in [2.24, 2.45) is 0 Å². The highest BCUT2D eigenvalue weighted by molar-refractivity contribution is 5.89. The third kappa shape index (κ3) is 3.79. The number of rotatable bonds is 5. The summed E-state index contributed by atoms with van der Waals surface area (Å²) in [4.78, 5) is 12.9. The van der Waals surface area contributed by atoms with Crippen molar-refractivity contribution in [3.63, 3.8) is 0 Å². The van der Waals surface area contributed by atoms with E-state index in [1.807, 2.05) is 6.92 Å². The van der Waals surface area contributed by atoms with Gasteiger partial charge in [0.15, 0.2) is 5.65 Å². The molecule has 0 saturated heterocycles. The largest absolute Gasteiger partial charge is 0.493 e. The van der Waals surface area contributed by atoms with Crippen molar-refractivity contribution in [2.45, 2.75) is 26.4 Å². The Hall–Kier alpha value is -2.90. The number of alkyl halides is 3. The molecule has 0 bridgehead atoms. The Morgan fingerprint density at radius 3 is 2.52 bits per heavy atom. The third-order valence-electron chi connectivity index (χ3n) is 3.96. The van der Waals surface area contributed by atoms with Crippen molar-refractivity contribution < 1.29 is 17.9 Å². The van der Waals surface area contributed by atoms with E-state index in [1.54, 1.807) is 20.0 Å². The minimum absolute atomic E-state index is 0.0809. The van der Waals surface area contributed by atoms with Gasteiger partial charge in [0, 0.05) is 7.05 Å². The molecule has 0 fully saturated rings. The molecule has 27 heavy (non-hydrogen) atoms. The molecule has 2 heterocycles. The van der Waals surface area contributed by atoms with Gasteiger partial charge in [-0.1, -0.05) is 13.0 Å². The van der Waals surface area contributed by atoms with Crippen molar-refractivity contribution >= 4 is 16.9 Å². The molecule has 0 aliphatic rings. The van der Waals surface area contributed by atoms with Crippen LogP contribution in [0.2, 0.25) is 0 Å². The van der Waals surface area contributed by atoms with Crippen molar-refractivity contribution in [1.29, 1.82) is 0 Å². The molecule has 3 aromatic rings. The third-order valence-corrected chi connectivity index (χ3v) is 3.96. The number of nitrogens with zero attached hydrogens (tertiary/aromatic N) is 3. The molecule has 0 atom stereocenters. The van der Waals surface area contributed by atoms with E-state index in [-0.39, 0.29) is 17.0 Å². The number of ether oxygens (including phenoxy) is 1. The van der Waals surface area contributed by atoms with E-state index in [9.17, 15) is 13.2 Å². The topological polar surface area (TPSA) is 59.9 Å². The maximum absolute atomic E-state index is 13.6. The number of benzene rings is 1. The molecular weight excluding hydrogens is 357 g/mol. The molecule has 5 nitrogen and oxygen atoms in total.